The van der Waals surface area contributed by atoms with Crippen LogP contribution in [0.25, 0.3) is 49.8 Å². The molecule has 35 heavy (non-hydrogen) atoms. The van der Waals surface area contributed by atoms with E-state index in [4.69, 9.17) is 9.40 Å². The van der Waals surface area contributed by atoms with Gasteiger partial charge in [-0.15, -0.1) is 0 Å². The fraction of sp³-hybridized carbons (Fsp3) is 0.219. The molecule has 0 fully saturated rings. The van der Waals surface area contributed by atoms with Crippen molar-refractivity contribution in [2.75, 3.05) is 0 Å². The second-order valence-electron chi connectivity index (χ2n) is 9.43. The summed E-state index contributed by atoms with van der Waals surface area (Å²) in [7, 11) is 0. The van der Waals surface area contributed by atoms with Crippen LogP contribution in [-0.4, -0.2) is 9.55 Å². The molecule has 6 aromatic rings. The molecule has 0 saturated carbocycles. The zero-order chi connectivity index (χ0) is 23.9. The van der Waals surface area contributed by atoms with Crippen LogP contribution in [-0.2, 0) is 12.8 Å². The van der Waals surface area contributed by atoms with Crippen LogP contribution in [0.15, 0.2) is 83.5 Å². The second-order valence-corrected chi connectivity index (χ2v) is 9.43. The largest absolute Gasteiger partial charge is 0.455 e. The van der Waals surface area contributed by atoms with Gasteiger partial charge in [0.05, 0.1) is 5.69 Å². The zero-order valence-electron chi connectivity index (χ0n) is 20.6. The molecule has 2 aromatic heterocycles. The third-order valence-corrected chi connectivity index (χ3v) is 7.14. The number of furan rings is 1. The first-order chi connectivity index (χ1) is 17.2. The third kappa shape index (κ3) is 3.46. The maximum atomic E-state index is 6.57. The van der Waals surface area contributed by atoms with Gasteiger partial charge >= 0.3 is 0 Å². The quantitative estimate of drug-likeness (QED) is 0.250. The number of fused-ring (bicyclic) bond motifs is 5. The van der Waals surface area contributed by atoms with E-state index in [0.717, 1.165) is 70.0 Å². The number of hydrogen-bond acceptors (Lipinski definition) is 2. The van der Waals surface area contributed by atoms with E-state index in [1.54, 1.807) is 0 Å². The van der Waals surface area contributed by atoms with E-state index in [1.165, 1.54) is 22.2 Å². The van der Waals surface area contributed by atoms with Gasteiger partial charge in [-0.3, -0.25) is 4.57 Å². The van der Waals surface area contributed by atoms with E-state index in [9.17, 15) is 0 Å². The Morgan fingerprint density at radius 3 is 2.23 bits per heavy atom. The maximum absolute atomic E-state index is 6.57. The van der Waals surface area contributed by atoms with Crippen LogP contribution in [0.2, 0.25) is 0 Å². The molecule has 0 N–H and O–H groups in total. The summed E-state index contributed by atoms with van der Waals surface area (Å²) in [6.45, 7) is 6.65. The van der Waals surface area contributed by atoms with Gasteiger partial charge in [-0.05, 0) is 48.4 Å². The molecule has 3 nitrogen and oxygen atoms in total. The summed E-state index contributed by atoms with van der Waals surface area (Å²) in [5, 5.41) is 4.67. The van der Waals surface area contributed by atoms with E-state index in [-0.39, 0.29) is 0 Å². The Bertz CT molecular complexity index is 1660. The van der Waals surface area contributed by atoms with Crippen LogP contribution in [0, 0.1) is 6.92 Å². The SMILES string of the molecule is CCCc1cccc(CCC)c1-n1ccnc1-c1ccc2c(oc3c4ccccc4ccc23)c1C. The number of benzene rings is 4. The second kappa shape index (κ2) is 8.74. The van der Waals surface area contributed by atoms with E-state index >= 15 is 0 Å². The van der Waals surface area contributed by atoms with E-state index in [1.807, 2.05) is 6.20 Å². The Morgan fingerprint density at radius 2 is 1.46 bits per heavy atom. The minimum atomic E-state index is 0.944. The van der Waals surface area contributed by atoms with Gasteiger partial charge in [0.2, 0.25) is 0 Å². The summed E-state index contributed by atoms with van der Waals surface area (Å²) in [5.41, 5.74) is 8.19. The molecule has 3 heteroatoms. The third-order valence-electron chi connectivity index (χ3n) is 7.14. The van der Waals surface area contributed by atoms with Crippen LogP contribution in [0.1, 0.15) is 43.4 Å². The first-order valence-electron chi connectivity index (χ1n) is 12.7. The predicted octanol–water partition coefficient (Wildman–Crippen LogP) is 8.81. The molecule has 0 bridgehead atoms. The van der Waals surface area contributed by atoms with Crippen molar-refractivity contribution in [3.63, 3.8) is 0 Å². The molecule has 0 saturated heterocycles. The van der Waals surface area contributed by atoms with Crippen LogP contribution >= 0.6 is 0 Å². The molecule has 0 radical (unpaired) electrons. The summed E-state index contributed by atoms with van der Waals surface area (Å²) in [6.07, 6.45) is 8.37. The molecule has 174 valence electrons. The summed E-state index contributed by atoms with van der Waals surface area (Å²) in [5.74, 6) is 0.968. The van der Waals surface area contributed by atoms with Gasteiger partial charge < -0.3 is 4.42 Å². The maximum Gasteiger partial charge on any atom is 0.144 e. The van der Waals surface area contributed by atoms with Crippen molar-refractivity contribution < 1.29 is 4.42 Å². The fourth-order valence-corrected chi connectivity index (χ4v) is 5.52. The number of aryl methyl sites for hydroxylation is 3. The number of hydrogen-bond donors (Lipinski definition) is 0. The van der Waals surface area contributed by atoms with E-state index < -0.39 is 0 Å². The Hall–Kier alpha value is -3.85. The summed E-state index contributed by atoms with van der Waals surface area (Å²) < 4.78 is 8.86. The lowest BCUT2D eigenvalue weighted by atomic mass is 9.99. The Labute approximate surface area is 206 Å². The minimum absolute atomic E-state index is 0.944. The molecule has 0 spiro atoms. The summed E-state index contributed by atoms with van der Waals surface area (Å²) >= 11 is 0. The lowest BCUT2D eigenvalue weighted by Crippen LogP contribution is -2.06. The van der Waals surface area contributed by atoms with Gasteiger partial charge in [0.25, 0.3) is 0 Å². The number of para-hydroxylation sites is 1. The topological polar surface area (TPSA) is 31.0 Å². The standard InChI is InChI=1S/C32H30N2O/c1-4-9-23-12-8-13-24(10-5-2)29(23)34-20-19-33-32(34)25-17-18-27-28-16-15-22-11-6-7-14-26(22)31(28)35-30(27)21(25)3/h6-8,11-20H,4-5,9-10H2,1-3H3. The highest BCUT2D eigenvalue weighted by molar-refractivity contribution is 6.16. The van der Waals surface area contributed by atoms with Crippen molar-refractivity contribution in [2.45, 2.75) is 46.5 Å². The Balaban J connectivity index is 1.58. The summed E-state index contributed by atoms with van der Waals surface area (Å²) in [6, 6.07) is 23.9. The lowest BCUT2D eigenvalue weighted by Gasteiger charge is -2.18. The van der Waals surface area contributed by atoms with Crippen LogP contribution < -0.4 is 0 Å². The number of imidazole rings is 1. The average molecular weight is 459 g/mol. The molecule has 0 aliphatic carbocycles. The van der Waals surface area contributed by atoms with Crippen molar-refractivity contribution in [2.24, 2.45) is 0 Å². The highest BCUT2D eigenvalue weighted by Gasteiger charge is 2.19. The van der Waals surface area contributed by atoms with Crippen molar-refractivity contribution in [3.05, 3.63) is 95.8 Å². The van der Waals surface area contributed by atoms with Crippen molar-refractivity contribution in [3.8, 4) is 17.1 Å². The molecule has 0 atom stereocenters. The number of rotatable bonds is 6. The van der Waals surface area contributed by atoms with Gasteiger partial charge in [0.1, 0.15) is 17.0 Å². The van der Waals surface area contributed by atoms with E-state index in [0.29, 0.717) is 0 Å². The van der Waals surface area contributed by atoms with Gasteiger partial charge in [-0.25, -0.2) is 4.98 Å². The molecule has 6 rings (SSSR count). The van der Waals surface area contributed by atoms with Crippen molar-refractivity contribution in [1.29, 1.82) is 0 Å². The Morgan fingerprint density at radius 1 is 0.743 bits per heavy atom. The highest BCUT2D eigenvalue weighted by atomic mass is 16.3. The number of aromatic nitrogens is 2. The van der Waals surface area contributed by atoms with Crippen LogP contribution in [0.4, 0.5) is 0 Å². The van der Waals surface area contributed by atoms with Gasteiger partial charge in [-0.2, -0.15) is 0 Å². The van der Waals surface area contributed by atoms with Gasteiger partial charge in [-0.1, -0.05) is 81.3 Å². The first kappa shape index (κ1) is 21.7. The van der Waals surface area contributed by atoms with Crippen LogP contribution in [0.3, 0.4) is 0 Å². The molecular weight excluding hydrogens is 428 g/mol. The highest BCUT2D eigenvalue weighted by Crippen LogP contribution is 2.39. The smallest absolute Gasteiger partial charge is 0.144 e. The zero-order valence-corrected chi connectivity index (χ0v) is 20.6. The molecule has 4 aromatic carbocycles. The summed E-state index contributed by atoms with van der Waals surface area (Å²) in [4.78, 5) is 4.86. The Kier molecular flexibility index (Phi) is 5.41. The normalized spacial score (nSPS) is 11.7. The molecule has 0 aliphatic rings. The van der Waals surface area contributed by atoms with Crippen molar-refractivity contribution >= 4 is 32.7 Å². The molecular formula is C32H30N2O. The number of nitrogens with zero attached hydrogens (tertiary/aromatic N) is 2. The monoisotopic (exact) mass is 458 g/mol. The fourth-order valence-electron chi connectivity index (χ4n) is 5.52. The molecule has 0 aliphatic heterocycles. The van der Waals surface area contributed by atoms with E-state index in [2.05, 4.69) is 98.3 Å². The molecule has 0 amide bonds. The van der Waals surface area contributed by atoms with Gasteiger partial charge in [0.15, 0.2) is 0 Å². The first-order valence-corrected chi connectivity index (χ1v) is 12.7. The van der Waals surface area contributed by atoms with Crippen molar-refractivity contribution in [1.82, 2.24) is 9.55 Å². The van der Waals surface area contributed by atoms with Crippen LogP contribution in [0.5, 0.6) is 0 Å². The molecule has 0 unspecified atom stereocenters. The lowest BCUT2D eigenvalue weighted by molar-refractivity contribution is 0.669. The van der Waals surface area contributed by atoms with Gasteiger partial charge in [0, 0.05) is 39.7 Å². The average Bonchev–Trinajstić information content (AvgIpc) is 3.50. The minimum Gasteiger partial charge on any atom is -0.455 e. The molecule has 2 heterocycles. The predicted molar refractivity (Wildman–Crippen MR) is 147 cm³/mol.